The maximum Gasteiger partial charge on any atom is 0.335 e. The Hall–Kier alpha value is -1.62. The second-order valence-electron chi connectivity index (χ2n) is 4.49. The number of carbonyl (C=O) groups is 1. The summed E-state index contributed by atoms with van der Waals surface area (Å²) in [6.07, 6.45) is 2.29. The van der Waals surface area contributed by atoms with E-state index < -0.39 is 17.9 Å². The molecule has 1 aliphatic carbocycles. The second kappa shape index (κ2) is 5.35. The summed E-state index contributed by atoms with van der Waals surface area (Å²) in [5.41, 5.74) is -0.157. The maximum atomic E-state index is 13.2. The fraction of sp³-hybridized carbons (Fsp3) is 0.462. The maximum absolute atomic E-state index is 13.2. The summed E-state index contributed by atoms with van der Waals surface area (Å²) in [4.78, 5) is 10.8. The minimum absolute atomic E-state index is 0.151. The lowest BCUT2D eigenvalue weighted by Crippen LogP contribution is -2.34. The van der Waals surface area contributed by atoms with Crippen molar-refractivity contribution in [3.8, 4) is 5.75 Å². The molecule has 2 atom stereocenters. The van der Waals surface area contributed by atoms with E-state index >= 15 is 0 Å². The number of aliphatic hydroxyl groups is 1. The van der Waals surface area contributed by atoms with E-state index in [2.05, 4.69) is 0 Å². The van der Waals surface area contributed by atoms with Crippen molar-refractivity contribution in [2.45, 2.75) is 37.9 Å². The number of aromatic carboxylic acids is 1. The van der Waals surface area contributed by atoms with Crippen molar-refractivity contribution < 1.29 is 24.1 Å². The van der Waals surface area contributed by atoms with Crippen LogP contribution < -0.4 is 4.74 Å². The van der Waals surface area contributed by atoms with Gasteiger partial charge in [0.05, 0.1) is 11.7 Å². The van der Waals surface area contributed by atoms with Gasteiger partial charge in [-0.2, -0.15) is 0 Å². The van der Waals surface area contributed by atoms with Crippen LogP contribution >= 0.6 is 0 Å². The normalized spacial score (nSPS) is 23.7. The molecule has 0 bridgehead atoms. The molecule has 1 fully saturated rings. The number of carboxylic acids is 1. The summed E-state index contributed by atoms with van der Waals surface area (Å²) in [7, 11) is 0. The van der Waals surface area contributed by atoms with E-state index in [-0.39, 0.29) is 17.4 Å². The lowest BCUT2D eigenvalue weighted by Gasteiger charge is -2.28. The van der Waals surface area contributed by atoms with Crippen molar-refractivity contribution in [1.29, 1.82) is 0 Å². The van der Waals surface area contributed by atoms with Crippen molar-refractivity contribution in [3.05, 3.63) is 29.6 Å². The third-order valence-electron chi connectivity index (χ3n) is 3.07. The van der Waals surface area contributed by atoms with Gasteiger partial charge < -0.3 is 14.9 Å². The number of rotatable bonds is 3. The Balaban J connectivity index is 2.15. The summed E-state index contributed by atoms with van der Waals surface area (Å²) in [6.45, 7) is 0. The van der Waals surface area contributed by atoms with Crippen LogP contribution in [-0.4, -0.2) is 28.4 Å². The Morgan fingerprint density at radius 1 is 1.28 bits per heavy atom. The number of benzene rings is 1. The van der Waals surface area contributed by atoms with E-state index in [1.807, 2.05) is 0 Å². The van der Waals surface area contributed by atoms with Crippen LogP contribution in [0.1, 0.15) is 36.0 Å². The number of carboxylic acid groups (broad SMARTS) is 1. The lowest BCUT2D eigenvalue weighted by atomic mass is 9.95. The van der Waals surface area contributed by atoms with E-state index in [9.17, 15) is 14.3 Å². The predicted octanol–water partition coefficient (Wildman–Crippen LogP) is 2.21. The highest BCUT2D eigenvalue weighted by Crippen LogP contribution is 2.25. The topological polar surface area (TPSA) is 66.8 Å². The number of aliphatic hydroxyl groups excluding tert-OH is 1. The zero-order chi connectivity index (χ0) is 13.1. The standard InChI is InChI=1S/C13H15FO4/c14-9-5-8(13(16)17)6-10(7-9)18-12-4-2-1-3-11(12)15/h5-7,11-12,15H,1-4H2,(H,16,17). The molecule has 0 saturated heterocycles. The molecule has 98 valence electrons. The third-order valence-corrected chi connectivity index (χ3v) is 3.07. The fourth-order valence-electron chi connectivity index (χ4n) is 2.14. The number of halogens is 1. The first kappa shape index (κ1) is 12.8. The molecular formula is C13H15FO4. The average Bonchev–Trinajstić information content (AvgIpc) is 2.31. The first-order chi connectivity index (χ1) is 8.56. The Morgan fingerprint density at radius 2 is 2.00 bits per heavy atom. The predicted molar refractivity (Wildman–Crippen MR) is 62.3 cm³/mol. The van der Waals surface area contributed by atoms with Crippen LogP contribution in [0.5, 0.6) is 5.75 Å². The molecule has 18 heavy (non-hydrogen) atoms. The van der Waals surface area contributed by atoms with Crippen molar-refractivity contribution in [1.82, 2.24) is 0 Å². The zero-order valence-corrected chi connectivity index (χ0v) is 9.80. The van der Waals surface area contributed by atoms with Gasteiger partial charge in [-0.25, -0.2) is 9.18 Å². The Kier molecular flexibility index (Phi) is 3.81. The third kappa shape index (κ3) is 2.98. The highest BCUT2D eigenvalue weighted by Gasteiger charge is 2.25. The molecule has 2 unspecified atom stereocenters. The van der Waals surface area contributed by atoms with Gasteiger partial charge in [0.15, 0.2) is 0 Å². The molecule has 2 N–H and O–H groups in total. The van der Waals surface area contributed by atoms with Gasteiger partial charge in [0.25, 0.3) is 0 Å². The van der Waals surface area contributed by atoms with E-state index in [0.29, 0.717) is 12.8 Å². The monoisotopic (exact) mass is 254 g/mol. The molecule has 0 amide bonds. The molecular weight excluding hydrogens is 239 g/mol. The molecule has 1 aliphatic rings. The number of ether oxygens (including phenoxy) is 1. The zero-order valence-electron chi connectivity index (χ0n) is 9.80. The van der Waals surface area contributed by atoms with E-state index in [1.165, 1.54) is 6.07 Å². The van der Waals surface area contributed by atoms with Gasteiger partial charge in [0, 0.05) is 6.07 Å². The molecule has 2 rings (SSSR count). The van der Waals surface area contributed by atoms with Gasteiger partial charge in [-0.3, -0.25) is 0 Å². The lowest BCUT2D eigenvalue weighted by molar-refractivity contribution is 0.00667. The van der Waals surface area contributed by atoms with Crippen molar-refractivity contribution in [2.24, 2.45) is 0 Å². The summed E-state index contributed by atoms with van der Waals surface area (Å²) >= 11 is 0. The first-order valence-corrected chi connectivity index (χ1v) is 5.95. The first-order valence-electron chi connectivity index (χ1n) is 5.95. The van der Waals surface area contributed by atoms with Crippen LogP contribution in [0.2, 0.25) is 0 Å². The number of hydrogen-bond donors (Lipinski definition) is 2. The minimum Gasteiger partial charge on any atom is -0.488 e. The molecule has 0 heterocycles. The van der Waals surface area contributed by atoms with Gasteiger partial charge >= 0.3 is 5.97 Å². The van der Waals surface area contributed by atoms with E-state index in [4.69, 9.17) is 9.84 Å². The Morgan fingerprint density at radius 3 is 2.67 bits per heavy atom. The van der Waals surface area contributed by atoms with Crippen LogP contribution in [0.15, 0.2) is 18.2 Å². The van der Waals surface area contributed by atoms with Gasteiger partial charge in [-0.15, -0.1) is 0 Å². The summed E-state index contributed by atoms with van der Waals surface area (Å²) in [5.74, 6) is -1.71. The molecule has 0 aromatic heterocycles. The largest absolute Gasteiger partial charge is 0.488 e. The van der Waals surface area contributed by atoms with Crippen LogP contribution in [-0.2, 0) is 0 Å². The molecule has 0 aliphatic heterocycles. The molecule has 5 heteroatoms. The fourth-order valence-corrected chi connectivity index (χ4v) is 2.14. The molecule has 0 spiro atoms. The van der Waals surface area contributed by atoms with Crippen molar-refractivity contribution >= 4 is 5.97 Å². The second-order valence-corrected chi connectivity index (χ2v) is 4.49. The smallest absolute Gasteiger partial charge is 0.335 e. The Labute approximate surface area is 104 Å². The quantitative estimate of drug-likeness (QED) is 0.867. The van der Waals surface area contributed by atoms with Crippen molar-refractivity contribution in [2.75, 3.05) is 0 Å². The number of hydrogen-bond acceptors (Lipinski definition) is 3. The van der Waals surface area contributed by atoms with Gasteiger partial charge in [-0.1, -0.05) is 6.42 Å². The highest BCUT2D eigenvalue weighted by molar-refractivity contribution is 5.88. The summed E-state index contributed by atoms with van der Waals surface area (Å²) < 4.78 is 18.7. The minimum atomic E-state index is -1.21. The SMILES string of the molecule is O=C(O)c1cc(F)cc(OC2CCCCC2O)c1. The molecule has 1 aromatic carbocycles. The molecule has 1 saturated carbocycles. The highest BCUT2D eigenvalue weighted by atomic mass is 19.1. The van der Waals surface area contributed by atoms with Gasteiger partial charge in [0.2, 0.25) is 0 Å². The van der Waals surface area contributed by atoms with Gasteiger partial charge in [-0.05, 0) is 31.4 Å². The van der Waals surface area contributed by atoms with E-state index in [1.54, 1.807) is 0 Å². The van der Waals surface area contributed by atoms with Crippen LogP contribution in [0.25, 0.3) is 0 Å². The molecule has 4 nitrogen and oxygen atoms in total. The van der Waals surface area contributed by atoms with Gasteiger partial charge in [0.1, 0.15) is 17.7 Å². The van der Waals surface area contributed by atoms with Crippen LogP contribution in [0, 0.1) is 5.82 Å². The van der Waals surface area contributed by atoms with Crippen LogP contribution in [0.4, 0.5) is 4.39 Å². The summed E-state index contributed by atoms with van der Waals surface area (Å²) in [6, 6.07) is 3.34. The summed E-state index contributed by atoms with van der Waals surface area (Å²) in [5, 5.41) is 18.6. The molecule has 0 radical (unpaired) electrons. The van der Waals surface area contributed by atoms with E-state index in [0.717, 1.165) is 25.0 Å². The average molecular weight is 254 g/mol. The molecule has 1 aromatic rings. The van der Waals surface area contributed by atoms with Crippen LogP contribution in [0.3, 0.4) is 0 Å². The van der Waals surface area contributed by atoms with Crippen molar-refractivity contribution in [3.63, 3.8) is 0 Å². The Bertz CT molecular complexity index is 447.